The third kappa shape index (κ3) is 8.71. The topological polar surface area (TPSA) is 180 Å². The van der Waals surface area contributed by atoms with Crippen LogP contribution in [0.1, 0.15) is 87.8 Å². The van der Waals surface area contributed by atoms with E-state index < -0.39 is 35.3 Å². The maximum Gasteiger partial charge on any atom is 0.329 e. The number of phenols is 1. The summed E-state index contributed by atoms with van der Waals surface area (Å²) in [5.41, 5.74) is 2.12. The molecule has 5 aliphatic heterocycles. The molecule has 6 aromatic rings. The number of anilines is 1. The van der Waals surface area contributed by atoms with Crippen molar-refractivity contribution >= 4 is 56.2 Å². The third-order valence-corrected chi connectivity index (χ3v) is 16.1. The molecule has 0 saturated carbocycles. The van der Waals surface area contributed by atoms with E-state index in [4.69, 9.17) is 9.72 Å². The monoisotopic (exact) mass is 988 g/mol. The van der Waals surface area contributed by atoms with E-state index in [1.807, 2.05) is 25.1 Å². The number of aromatic hydroxyl groups is 1. The molecule has 0 radical (unpaired) electrons. The quantitative estimate of drug-likeness (QED) is 0.119. The number of hydrogen-bond acceptors (Lipinski definition) is 12. The molecule has 11 rings (SSSR count). The average molecular weight is 989 g/mol. The molecule has 16 nitrogen and oxygen atoms in total. The molecular formula is C53H59F3N10O6. The van der Waals surface area contributed by atoms with Crippen molar-refractivity contribution in [3.05, 3.63) is 81.9 Å². The molecule has 3 aromatic carbocycles. The van der Waals surface area contributed by atoms with Crippen molar-refractivity contribution in [2.24, 2.45) is 13.0 Å². The van der Waals surface area contributed by atoms with Crippen molar-refractivity contribution < 1.29 is 37.4 Å². The summed E-state index contributed by atoms with van der Waals surface area (Å²) in [6, 6.07) is 10.9. The summed E-state index contributed by atoms with van der Waals surface area (Å²) in [6.07, 6.45) is 6.62. The maximum atomic E-state index is 17.3. The molecule has 378 valence electrons. The predicted molar refractivity (Wildman–Crippen MR) is 265 cm³/mol. The number of piperidine rings is 3. The van der Waals surface area contributed by atoms with E-state index in [1.54, 1.807) is 17.7 Å². The number of carbonyl (C=O) groups excluding carboxylic acids is 3. The fraction of sp³-hybridized carbons (Fsp3) is 0.491. The molecule has 5 aliphatic rings. The summed E-state index contributed by atoms with van der Waals surface area (Å²) in [5, 5.41) is 17.6. The number of phenolic OH excluding ortho intramolecular Hbond substituents is 1. The second-order valence-corrected chi connectivity index (χ2v) is 20.6. The number of aromatic nitrogens is 5. The van der Waals surface area contributed by atoms with Gasteiger partial charge in [-0.1, -0.05) is 19.1 Å². The third-order valence-electron chi connectivity index (χ3n) is 16.1. The van der Waals surface area contributed by atoms with Gasteiger partial charge >= 0.3 is 11.7 Å². The molecule has 5 fully saturated rings. The predicted octanol–water partition coefficient (Wildman–Crippen LogP) is 6.19. The minimum atomic E-state index is -0.969. The Morgan fingerprint density at radius 3 is 2.61 bits per heavy atom. The van der Waals surface area contributed by atoms with Crippen LogP contribution < -0.4 is 26.0 Å². The van der Waals surface area contributed by atoms with Crippen LogP contribution >= 0.6 is 0 Å². The van der Waals surface area contributed by atoms with Crippen molar-refractivity contribution in [3.63, 3.8) is 0 Å². The summed E-state index contributed by atoms with van der Waals surface area (Å²) in [6.45, 7) is 6.28. The summed E-state index contributed by atoms with van der Waals surface area (Å²) in [4.78, 5) is 71.8. The highest BCUT2D eigenvalue weighted by Crippen LogP contribution is 2.42. The summed E-state index contributed by atoms with van der Waals surface area (Å²) in [7, 11) is 1.69. The van der Waals surface area contributed by atoms with Crippen LogP contribution in [0.2, 0.25) is 0 Å². The number of likely N-dealkylation sites (tertiary alicyclic amines) is 1. The first kappa shape index (κ1) is 47.7. The number of benzene rings is 3. The number of pyridine rings is 1. The number of halogens is 3. The second-order valence-electron chi connectivity index (χ2n) is 20.6. The molecule has 3 N–H and O–H groups in total. The van der Waals surface area contributed by atoms with Crippen LogP contribution in [0.5, 0.6) is 11.8 Å². The Kier molecular flexibility index (Phi) is 12.7. The van der Waals surface area contributed by atoms with Gasteiger partial charge in [0, 0.05) is 57.8 Å². The molecule has 4 atom stereocenters. The summed E-state index contributed by atoms with van der Waals surface area (Å²) >= 11 is 0. The minimum Gasteiger partial charge on any atom is -0.508 e. The minimum absolute atomic E-state index is 0.0440. The summed E-state index contributed by atoms with van der Waals surface area (Å²) < 4.78 is 56.7. The second kappa shape index (κ2) is 19.1. The summed E-state index contributed by atoms with van der Waals surface area (Å²) in [5.74, 6) is -1.52. The molecule has 72 heavy (non-hydrogen) atoms. The van der Waals surface area contributed by atoms with Crippen LogP contribution in [0.25, 0.3) is 44.0 Å². The Morgan fingerprint density at radius 2 is 1.81 bits per heavy atom. The van der Waals surface area contributed by atoms with Crippen molar-refractivity contribution in [2.75, 3.05) is 63.9 Å². The SMILES string of the molecule is CCc1c(F)ccc2cc(O)cc(-c3ncc4c(N5CCCC(CNC(=O)CN6CCC(c7ccc8c(c7)n(C)c(=O)n8C7CCC(=O)NC7=O)CC6)C5)nc(OC[C@@]56CCCN5C[C@H](F)C6)nc4c3F)c12. The lowest BCUT2D eigenvalue weighted by molar-refractivity contribution is -0.135. The van der Waals surface area contributed by atoms with Gasteiger partial charge in [-0.3, -0.25) is 43.6 Å². The zero-order chi connectivity index (χ0) is 50.0. The van der Waals surface area contributed by atoms with Gasteiger partial charge in [0.15, 0.2) is 5.82 Å². The number of alkyl halides is 1. The highest BCUT2D eigenvalue weighted by atomic mass is 19.1. The zero-order valence-electron chi connectivity index (χ0n) is 40.6. The number of carbonyl (C=O) groups is 3. The lowest BCUT2D eigenvalue weighted by Crippen LogP contribution is -2.45. The first-order chi connectivity index (χ1) is 34.8. The Balaban J connectivity index is 0.782. The van der Waals surface area contributed by atoms with Gasteiger partial charge in [-0.15, -0.1) is 0 Å². The van der Waals surface area contributed by atoms with E-state index in [0.717, 1.165) is 56.1 Å². The molecule has 0 spiro atoms. The molecule has 0 bridgehead atoms. The normalized spacial score (nSPS) is 23.3. The number of aryl methyl sites for hydroxylation is 2. The van der Waals surface area contributed by atoms with E-state index in [0.29, 0.717) is 85.2 Å². The fourth-order valence-electron chi connectivity index (χ4n) is 12.4. The van der Waals surface area contributed by atoms with Crippen molar-refractivity contribution in [2.45, 2.75) is 94.8 Å². The number of rotatable bonds is 12. The van der Waals surface area contributed by atoms with Crippen LogP contribution in [-0.4, -0.2) is 127 Å². The Labute approximate surface area is 413 Å². The van der Waals surface area contributed by atoms with Crippen molar-refractivity contribution in [3.8, 4) is 23.0 Å². The number of fused-ring (bicyclic) bond motifs is 4. The smallest absolute Gasteiger partial charge is 0.329 e. The van der Waals surface area contributed by atoms with Gasteiger partial charge < -0.3 is 20.1 Å². The van der Waals surface area contributed by atoms with Gasteiger partial charge in [0.25, 0.3) is 0 Å². The number of amides is 3. The van der Waals surface area contributed by atoms with Crippen LogP contribution in [0, 0.1) is 17.6 Å². The first-order valence-corrected chi connectivity index (χ1v) is 25.4. The largest absolute Gasteiger partial charge is 0.508 e. The lowest BCUT2D eigenvalue weighted by Gasteiger charge is -2.35. The Hall–Kier alpha value is -6.60. The highest BCUT2D eigenvalue weighted by Gasteiger charge is 2.49. The van der Waals surface area contributed by atoms with Crippen molar-refractivity contribution in [1.29, 1.82) is 0 Å². The number of nitrogens with one attached hydrogen (secondary N) is 2. The Bertz CT molecular complexity index is 3210. The van der Waals surface area contributed by atoms with Gasteiger partial charge in [0.05, 0.1) is 28.5 Å². The van der Waals surface area contributed by atoms with Crippen LogP contribution in [-0.2, 0) is 27.9 Å². The number of nitrogens with zero attached hydrogens (tertiary/aromatic N) is 8. The fourth-order valence-corrected chi connectivity index (χ4v) is 12.4. The van der Waals surface area contributed by atoms with E-state index in [-0.39, 0.29) is 83.9 Å². The van der Waals surface area contributed by atoms with Gasteiger partial charge in [-0.2, -0.15) is 9.97 Å². The molecule has 8 heterocycles. The Morgan fingerprint density at radius 1 is 0.972 bits per heavy atom. The molecule has 5 saturated heterocycles. The first-order valence-electron chi connectivity index (χ1n) is 25.4. The molecule has 3 amide bonds. The van der Waals surface area contributed by atoms with E-state index in [2.05, 4.69) is 35.3 Å². The number of hydrogen-bond donors (Lipinski definition) is 3. The van der Waals surface area contributed by atoms with E-state index in [9.17, 15) is 28.7 Å². The standard InChI is InChI=1S/C53H59F3N10O6/c1-3-36-39(55)9-7-33-20-35(67)22-37(45(33)36)47-46(56)48-38(25-58-47)49(61-51(60-48)72-29-53-15-5-17-65(53)27-34(54)23-53)64-16-4-6-30(26-64)24-57-44(69)28-63-18-13-31(14-19-63)32-8-10-40-42(21-32)62(2)52(71)66(40)41-11-12-43(68)59-50(41)70/h7-10,20-22,25,30-31,34,41,67H,3-6,11-19,23-24,26-29H2,1-2H3,(H,57,69)(H,59,68,70)/t30?,34-,41?,53+/m1/s1. The molecule has 0 aliphatic carbocycles. The highest BCUT2D eigenvalue weighted by molar-refractivity contribution is 6.02. The van der Waals surface area contributed by atoms with Crippen LogP contribution in [0.4, 0.5) is 19.0 Å². The number of ether oxygens (including phenoxy) is 1. The van der Waals surface area contributed by atoms with E-state index >= 15 is 8.78 Å². The van der Waals surface area contributed by atoms with Gasteiger partial charge in [-0.25, -0.2) is 18.0 Å². The average Bonchev–Trinajstić information content (AvgIpc) is 3.99. The number of imide groups is 1. The van der Waals surface area contributed by atoms with Gasteiger partial charge in [-0.05, 0) is 135 Å². The zero-order valence-corrected chi connectivity index (χ0v) is 40.6. The maximum absolute atomic E-state index is 17.3. The number of imidazole rings is 1. The molecule has 19 heteroatoms. The lowest BCUT2D eigenvalue weighted by atomic mass is 9.89. The molecule has 2 unspecified atom stereocenters. The van der Waals surface area contributed by atoms with Gasteiger partial charge in [0.2, 0.25) is 17.7 Å². The van der Waals surface area contributed by atoms with Crippen molar-refractivity contribution in [1.82, 2.24) is 44.5 Å². The van der Waals surface area contributed by atoms with Gasteiger partial charge in [0.1, 0.15) is 47.4 Å². The molecule has 3 aromatic heterocycles. The molecular weight excluding hydrogens is 930 g/mol. The van der Waals surface area contributed by atoms with Crippen LogP contribution in [0.3, 0.4) is 0 Å². The van der Waals surface area contributed by atoms with E-state index in [1.165, 1.54) is 29.0 Å². The van der Waals surface area contributed by atoms with Crippen LogP contribution in [0.15, 0.2) is 53.5 Å².